The van der Waals surface area contributed by atoms with Gasteiger partial charge in [-0.3, -0.25) is 0 Å². The van der Waals surface area contributed by atoms with Gasteiger partial charge >= 0.3 is 0 Å². The lowest BCUT2D eigenvalue weighted by atomic mass is 9.72. The smallest absolute Gasteiger partial charge is 0.138 e. The minimum absolute atomic E-state index is 0.359. The molecule has 1 spiro atoms. The monoisotopic (exact) mass is 248 g/mol. The van der Waals surface area contributed by atoms with Crippen molar-refractivity contribution in [2.75, 3.05) is 26.3 Å². The Balaban J connectivity index is 1.67. The predicted molar refractivity (Wildman–Crippen MR) is 66.4 cm³/mol. The number of nitrogens with one attached hydrogen (secondary N) is 1. The molecule has 98 valence electrons. The highest BCUT2D eigenvalue weighted by Gasteiger charge is 2.47. The van der Waals surface area contributed by atoms with E-state index in [-0.39, 0.29) is 0 Å². The van der Waals surface area contributed by atoms with Crippen molar-refractivity contribution in [1.82, 2.24) is 20.1 Å². The molecular weight excluding hydrogens is 228 g/mol. The van der Waals surface area contributed by atoms with E-state index < -0.39 is 0 Å². The van der Waals surface area contributed by atoms with Gasteiger partial charge in [0.15, 0.2) is 0 Å². The van der Waals surface area contributed by atoms with Gasteiger partial charge in [-0.15, -0.1) is 10.2 Å². The summed E-state index contributed by atoms with van der Waals surface area (Å²) in [6, 6.07) is 0.674. The van der Waals surface area contributed by atoms with Crippen molar-refractivity contribution in [3.63, 3.8) is 0 Å². The van der Waals surface area contributed by atoms with Crippen LogP contribution in [0, 0.1) is 5.41 Å². The summed E-state index contributed by atoms with van der Waals surface area (Å²) >= 11 is 0. The molecule has 0 radical (unpaired) electrons. The topological polar surface area (TPSA) is 52.0 Å². The van der Waals surface area contributed by atoms with E-state index in [1.165, 1.54) is 18.7 Å². The fourth-order valence-corrected chi connectivity index (χ4v) is 3.61. The van der Waals surface area contributed by atoms with Crippen molar-refractivity contribution in [2.24, 2.45) is 5.41 Å². The molecule has 1 unspecified atom stereocenters. The van der Waals surface area contributed by atoms with Gasteiger partial charge in [0.05, 0.1) is 0 Å². The van der Waals surface area contributed by atoms with Gasteiger partial charge < -0.3 is 14.6 Å². The highest BCUT2D eigenvalue weighted by atomic mass is 16.5. The summed E-state index contributed by atoms with van der Waals surface area (Å²) in [6.07, 6.45) is 6.82. The van der Waals surface area contributed by atoms with Crippen molar-refractivity contribution >= 4 is 0 Å². The molecule has 1 aromatic rings. The first-order valence-electron chi connectivity index (χ1n) is 7.07. The Morgan fingerprint density at radius 3 is 2.94 bits per heavy atom. The third-order valence-electron chi connectivity index (χ3n) is 4.91. The summed E-state index contributed by atoms with van der Waals surface area (Å²) in [5, 5.41) is 12.2. The molecule has 1 N–H and O–H groups in total. The first kappa shape index (κ1) is 10.9. The second-order valence-electron chi connectivity index (χ2n) is 5.99. The van der Waals surface area contributed by atoms with Crippen LogP contribution in [-0.4, -0.2) is 41.1 Å². The molecule has 0 bridgehead atoms. The fraction of sp³-hybridized carbons (Fsp3) is 0.846. The van der Waals surface area contributed by atoms with Crippen LogP contribution in [0.5, 0.6) is 0 Å². The molecule has 3 heterocycles. The Bertz CT molecular complexity index is 434. The van der Waals surface area contributed by atoms with Crippen molar-refractivity contribution in [2.45, 2.75) is 37.6 Å². The van der Waals surface area contributed by atoms with Crippen molar-refractivity contribution in [1.29, 1.82) is 0 Å². The van der Waals surface area contributed by atoms with E-state index in [9.17, 15) is 0 Å². The molecule has 1 aliphatic carbocycles. The molecular formula is C13H20N4O. The maximum Gasteiger partial charge on any atom is 0.138 e. The van der Waals surface area contributed by atoms with Gasteiger partial charge in [-0.05, 0) is 31.1 Å². The summed E-state index contributed by atoms with van der Waals surface area (Å²) in [6.45, 7) is 3.95. The Labute approximate surface area is 107 Å². The first-order valence-corrected chi connectivity index (χ1v) is 7.07. The van der Waals surface area contributed by atoms with Crippen molar-refractivity contribution in [3.8, 4) is 0 Å². The van der Waals surface area contributed by atoms with E-state index in [4.69, 9.17) is 4.74 Å². The van der Waals surface area contributed by atoms with Crippen molar-refractivity contribution in [3.05, 3.63) is 12.2 Å². The van der Waals surface area contributed by atoms with Crippen LogP contribution in [0.25, 0.3) is 0 Å². The van der Waals surface area contributed by atoms with Crippen LogP contribution in [-0.2, 0) is 4.74 Å². The average molecular weight is 248 g/mol. The first-order chi connectivity index (χ1) is 8.89. The van der Waals surface area contributed by atoms with E-state index in [2.05, 4.69) is 20.1 Å². The molecule has 0 aromatic carbocycles. The van der Waals surface area contributed by atoms with Gasteiger partial charge in [0.25, 0.3) is 0 Å². The maximum absolute atomic E-state index is 5.54. The fourth-order valence-electron chi connectivity index (χ4n) is 3.61. The molecule has 0 amide bonds. The highest BCUT2D eigenvalue weighted by molar-refractivity contribution is 5.13. The predicted octanol–water partition coefficient (Wildman–Crippen LogP) is 1.10. The summed E-state index contributed by atoms with van der Waals surface area (Å²) in [5.74, 6) is 1.73. The molecule has 1 saturated carbocycles. The van der Waals surface area contributed by atoms with Crippen LogP contribution in [0.2, 0.25) is 0 Å². The van der Waals surface area contributed by atoms with E-state index in [1.54, 1.807) is 0 Å². The molecule has 5 nitrogen and oxygen atoms in total. The average Bonchev–Trinajstić information content (AvgIpc) is 3.01. The van der Waals surface area contributed by atoms with E-state index in [0.717, 1.165) is 39.1 Å². The number of aromatic nitrogens is 3. The minimum Gasteiger partial charge on any atom is -0.381 e. The molecule has 1 atom stereocenters. The lowest BCUT2D eigenvalue weighted by Gasteiger charge is -2.37. The Kier molecular flexibility index (Phi) is 2.45. The van der Waals surface area contributed by atoms with Gasteiger partial charge in [0, 0.05) is 38.3 Å². The third-order valence-corrected chi connectivity index (χ3v) is 4.91. The van der Waals surface area contributed by atoms with Crippen LogP contribution in [0.3, 0.4) is 0 Å². The SMILES string of the molecule is c1nnc(C2CNCC23CCOCC3)n1C1CC1. The van der Waals surface area contributed by atoms with E-state index >= 15 is 0 Å². The van der Waals surface area contributed by atoms with Gasteiger partial charge in [-0.1, -0.05) is 0 Å². The summed E-state index contributed by atoms with van der Waals surface area (Å²) < 4.78 is 7.87. The van der Waals surface area contributed by atoms with Gasteiger partial charge in [0.2, 0.25) is 0 Å². The largest absolute Gasteiger partial charge is 0.381 e. The molecule has 18 heavy (non-hydrogen) atoms. The van der Waals surface area contributed by atoms with Crippen LogP contribution in [0.4, 0.5) is 0 Å². The van der Waals surface area contributed by atoms with Gasteiger partial charge in [0.1, 0.15) is 12.2 Å². The highest BCUT2D eigenvalue weighted by Crippen LogP contribution is 2.47. The Hall–Kier alpha value is -0.940. The van der Waals surface area contributed by atoms with Crippen LogP contribution in [0.1, 0.15) is 43.5 Å². The number of nitrogens with zero attached hydrogens (tertiary/aromatic N) is 3. The molecule has 5 heteroatoms. The van der Waals surface area contributed by atoms with E-state index in [0.29, 0.717) is 17.4 Å². The van der Waals surface area contributed by atoms with E-state index in [1.807, 2.05) is 6.33 Å². The lowest BCUT2D eigenvalue weighted by Crippen LogP contribution is -2.36. The molecule has 4 rings (SSSR count). The molecule has 1 aromatic heterocycles. The molecule has 2 aliphatic heterocycles. The second-order valence-corrected chi connectivity index (χ2v) is 5.99. The summed E-state index contributed by atoms with van der Waals surface area (Å²) in [5.41, 5.74) is 0.359. The molecule has 3 aliphatic rings. The number of hydrogen-bond donors (Lipinski definition) is 1. The van der Waals surface area contributed by atoms with Crippen LogP contribution >= 0.6 is 0 Å². The lowest BCUT2D eigenvalue weighted by molar-refractivity contribution is 0.0148. The number of rotatable bonds is 2. The summed E-state index contributed by atoms with van der Waals surface area (Å²) in [7, 11) is 0. The zero-order valence-electron chi connectivity index (χ0n) is 10.6. The zero-order chi connectivity index (χ0) is 12.0. The Morgan fingerprint density at radius 1 is 1.33 bits per heavy atom. The Morgan fingerprint density at radius 2 is 2.17 bits per heavy atom. The minimum atomic E-state index is 0.359. The van der Waals surface area contributed by atoms with Crippen LogP contribution < -0.4 is 5.32 Å². The second kappa shape index (κ2) is 4.03. The van der Waals surface area contributed by atoms with Gasteiger partial charge in [-0.25, -0.2) is 0 Å². The summed E-state index contributed by atoms with van der Waals surface area (Å²) in [4.78, 5) is 0. The molecule has 2 saturated heterocycles. The number of hydrogen-bond acceptors (Lipinski definition) is 4. The molecule has 3 fully saturated rings. The maximum atomic E-state index is 5.54. The van der Waals surface area contributed by atoms with Crippen LogP contribution in [0.15, 0.2) is 6.33 Å². The quantitative estimate of drug-likeness (QED) is 0.851. The van der Waals surface area contributed by atoms with Crippen molar-refractivity contribution < 1.29 is 4.74 Å². The van der Waals surface area contributed by atoms with Gasteiger partial charge in [-0.2, -0.15) is 0 Å². The number of ether oxygens (including phenoxy) is 1. The standard InChI is InChI=1S/C13H20N4O/c1-2-10(1)17-9-15-16-12(17)11-7-14-8-13(11)3-5-18-6-4-13/h9-11,14H,1-8H2. The third kappa shape index (κ3) is 1.61. The normalized spacial score (nSPS) is 31.0. The zero-order valence-corrected chi connectivity index (χ0v) is 10.6.